The number of benzene rings is 3. The van der Waals surface area contributed by atoms with Crippen molar-refractivity contribution >= 4 is 27.3 Å². The fourth-order valence-electron chi connectivity index (χ4n) is 3.90. The highest BCUT2D eigenvalue weighted by molar-refractivity contribution is 7.92. The van der Waals surface area contributed by atoms with E-state index in [0.717, 1.165) is 16.7 Å². The Morgan fingerprint density at radius 1 is 1.00 bits per heavy atom. The van der Waals surface area contributed by atoms with Gasteiger partial charge in [-0.3, -0.25) is 9.10 Å². The van der Waals surface area contributed by atoms with Crippen LogP contribution in [0.3, 0.4) is 0 Å². The Morgan fingerprint density at radius 2 is 1.71 bits per heavy atom. The van der Waals surface area contributed by atoms with E-state index in [-0.39, 0.29) is 16.9 Å². The summed E-state index contributed by atoms with van der Waals surface area (Å²) < 4.78 is 34.7. The molecule has 7 heteroatoms. The summed E-state index contributed by atoms with van der Waals surface area (Å²) in [7, 11) is -3.92. The van der Waals surface area contributed by atoms with E-state index in [0.29, 0.717) is 17.1 Å². The van der Waals surface area contributed by atoms with Crippen LogP contribution >= 0.6 is 0 Å². The Morgan fingerprint density at radius 3 is 2.38 bits per heavy atom. The quantitative estimate of drug-likeness (QED) is 0.560. The number of aryl methyl sites for hydroxylation is 1. The van der Waals surface area contributed by atoms with E-state index in [1.54, 1.807) is 36.4 Å². The SMILES string of the molecule is Cc1cccc(NC(=O)[C@H]2CN(S(=O)(=O)c3ccccc3)c3cc(C(C)(C)C)ccc3O2)c1C. The van der Waals surface area contributed by atoms with E-state index < -0.39 is 22.0 Å². The summed E-state index contributed by atoms with van der Waals surface area (Å²) in [5, 5.41) is 2.91. The van der Waals surface area contributed by atoms with Crippen LogP contribution in [0.2, 0.25) is 0 Å². The minimum Gasteiger partial charge on any atom is -0.476 e. The molecule has 0 radical (unpaired) electrons. The third kappa shape index (κ3) is 4.53. The van der Waals surface area contributed by atoms with Gasteiger partial charge in [0.05, 0.1) is 17.1 Å². The average molecular weight is 479 g/mol. The lowest BCUT2D eigenvalue weighted by Crippen LogP contribution is -2.49. The van der Waals surface area contributed by atoms with Crippen LogP contribution in [0.15, 0.2) is 71.6 Å². The van der Waals surface area contributed by atoms with Gasteiger partial charge in [-0.05, 0) is 66.3 Å². The molecule has 34 heavy (non-hydrogen) atoms. The fourth-order valence-corrected chi connectivity index (χ4v) is 5.39. The van der Waals surface area contributed by atoms with Crippen LogP contribution in [0.5, 0.6) is 5.75 Å². The number of amides is 1. The normalized spacial score (nSPS) is 15.9. The van der Waals surface area contributed by atoms with Crippen LogP contribution in [0.25, 0.3) is 0 Å². The summed E-state index contributed by atoms with van der Waals surface area (Å²) >= 11 is 0. The Labute approximate surface area is 201 Å². The molecule has 0 saturated heterocycles. The molecule has 6 nitrogen and oxygen atoms in total. The zero-order valence-electron chi connectivity index (χ0n) is 20.1. The highest BCUT2D eigenvalue weighted by Crippen LogP contribution is 2.40. The second kappa shape index (κ2) is 8.80. The molecule has 1 amide bonds. The van der Waals surface area contributed by atoms with Gasteiger partial charge < -0.3 is 10.1 Å². The van der Waals surface area contributed by atoms with E-state index in [2.05, 4.69) is 26.1 Å². The zero-order valence-corrected chi connectivity index (χ0v) is 20.9. The Balaban J connectivity index is 1.75. The molecule has 0 aromatic heterocycles. The van der Waals surface area contributed by atoms with Gasteiger partial charge >= 0.3 is 0 Å². The van der Waals surface area contributed by atoms with Crippen molar-refractivity contribution < 1.29 is 17.9 Å². The standard InChI is InChI=1S/C27H30N2O4S/c1-18-10-9-13-22(19(18)2)28-26(30)25-17-29(34(31,32)21-11-7-6-8-12-21)23-16-20(27(3,4)5)14-15-24(23)33-25/h6-16,25H,17H2,1-5H3,(H,28,30)/t25-/m1/s1. The highest BCUT2D eigenvalue weighted by Gasteiger charge is 2.38. The first-order valence-corrected chi connectivity index (χ1v) is 12.7. The average Bonchev–Trinajstić information content (AvgIpc) is 2.80. The minimum atomic E-state index is -3.92. The number of hydrogen-bond donors (Lipinski definition) is 1. The summed E-state index contributed by atoms with van der Waals surface area (Å²) in [5.74, 6) is -0.0348. The number of carbonyl (C=O) groups excluding carboxylic acids is 1. The maximum absolute atomic E-state index is 13.7. The maximum atomic E-state index is 13.7. The number of anilines is 2. The van der Waals surface area contributed by atoms with E-state index in [1.807, 2.05) is 44.2 Å². The third-order valence-electron chi connectivity index (χ3n) is 6.18. The fraction of sp³-hybridized carbons (Fsp3) is 0.296. The molecule has 1 N–H and O–H groups in total. The van der Waals surface area contributed by atoms with Gasteiger partial charge in [-0.1, -0.05) is 57.2 Å². The zero-order chi connectivity index (χ0) is 24.7. The van der Waals surface area contributed by atoms with E-state index >= 15 is 0 Å². The summed E-state index contributed by atoms with van der Waals surface area (Å²) in [4.78, 5) is 13.4. The van der Waals surface area contributed by atoms with E-state index in [1.165, 1.54) is 4.31 Å². The molecule has 0 unspecified atom stereocenters. The van der Waals surface area contributed by atoms with Crippen LogP contribution in [0, 0.1) is 13.8 Å². The van der Waals surface area contributed by atoms with Crippen molar-refractivity contribution in [1.82, 2.24) is 0 Å². The number of hydrogen-bond acceptors (Lipinski definition) is 4. The lowest BCUT2D eigenvalue weighted by atomic mass is 9.86. The monoisotopic (exact) mass is 478 g/mol. The largest absolute Gasteiger partial charge is 0.476 e. The van der Waals surface area contributed by atoms with Crippen molar-refractivity contribution in [2.45, 2.75) is 51.0 Å². The number of fused-ring (bicyclic) bond motifs is 1. The Hall–Kier alpha value is -3.32. The van der Waals surface area contributed by atoms with Crippen LogP contribution < -0.4 is 14.4 Å². The van der Waals surface area contributed by atoms with Crippen molar-refractivity contribution in [3.8, 4) is 5.75 Å². The van der Waals surface area contributed by atoms with Crippen molar-refractivity contribution in [3.63, 3.8) is 0 Å². The van der Waals surface area contributed by atoms with Crippen molar-refractivity contribution in [2.75, 3.05) is 16.2 Å². The Kier molecular flexibility index (Phi) is 6.16. The number of nitrogens with zero attached hydrogens (tertiary/aromatic N) is 1. The van der Waals surface area contributed by atoms with Crippen LogP contribution in [0.1, 0.15) is 37.5 Å². The molecule has 1 aliphatic heterocycles. The van der Waals surface area contributed by atoms with Crippen LogP contribution in [-0.4, -0.2) is 27.0 Å². The Bertz CT molecular complexity index is 1330. The number of nitrogens with one attached hydrogen (secondary N) is 1. The molecule has 4 rings (SSSR count). The number of carbonyl (C=O) groups is 1. The lowest BCUT2D eigenvalue weighted by Gasteiger charge is -2.36. The van der Waals surface area contributed by atoms with Crippen molar-refractivity contribution in [3.05, 3.63) is 83.4 Å². The molecule has 0 spiro atoms. The summed E-state index contributed by atoms with van der Waals surface area (Å²) in [6.45, 7) is 9.97. The molecule has 0 saturated carbocycles. The van der Waals surface area contributed by atoms with Gasteiger partial charge in [0, 0.05) is 5.69 Å². The summed E-state index contributed by atoms with van der Waals surface area (Å²) in [6, 6.07) is 19.4. The molecule has 0 bridgehead atoms. The first kappa shape index (κ1) is 23.8. The number of rotatable bonds is 4. The third-order valence-corrected chi connectivity index (χ3v) is 7.97. The topological polar surface area (TPSA) is 75.7 Å². The van der Waals surface area contributed by atoms with Gasteiger partial charge in [-0.2, -0.15) is 0 Å². The lowest BCUT2D eigenvalue weighted by molar-refractivity contribution is -0.122. The molecule has 178 valence electrons. The van der Waals surface area contributed by atoms with Gasteiger partial charge in [0.2, 0.25) is 0 Å². The van der Waals surface area contributed by atoms with Gasteiger partial charge in [0.25, 0.3) is 15.9 Å². The molecular formula is C27H30N2O4S. The van der Waals surface area contributed by atoms with Crippen LogP contribution in [0.4, 0.5) is 11.4 Å². The molecule has 0 fully saturated rings. The van der Waals surface area contributed by atoms with E-state index in [9.17, 15) is 13.2 Å². The minimum absolute atomic E-state index is 0.130. The van der Waals surface area contributed by atoms with Gasteiger partial charge in [0.1, 0.15) is 5.75 Å². The van der Waals surface area contributed by atoms with Gasteiger partial charge in [0.15, 0.2) is 6.10 Å². The highest BCUT2D eigenvalue weighted by atomic mass is 32.2. The maximum Gasteiger partial charge on any atom is 0.267 e. The van der Waals surface area contributed by atoms with Crippen molar-refractivity contribution in [1.29, 1.82) is 0 Å². The first-order chi connectivity index (χ1) is 16.0. The smallest absolute Gasteiger partial charge is 0.267 e. The molecule has 3 aromatic carbocycles. The molecule has 3 aromatic rings. The predicted octanol–water partition coefficient (Wildman–Crippen LogP) is 5.20. The summed E-state index contributed by atoms with van der Waals surface area (Å²) in [6.07, 6.45) is -1.01. The molecule has 1 aliphatic rings. The predicted molar refractivity (Wildman–Crippen MR) is 135 cm³/mol. The van der Waals surface area contributed by atoms with Crippen LogP contribution in [-0.2, 0) is 20.2 Å². The molecular weight excluding hydrogens is 448 g/mol. The van der Waals surface area contributed by atoms with E-state index in [4.69, 9.17) is 4.74 Å². The molecule has 1 heterocycles. The second-order valence-electron chi connectivity index (χ2n) is 9.62. The molecule has 1 atom stereocenters. The second-order valence-corrected chi connectivity index (χ2v) is 11.5. The number of sulfonamides is 1. The van der Waals surface area contributed by atoms with Gasteiger partial charge in [-0.15, -0.1) is 0 Å². The summed E-state index contributed by atoms with van der Waals surface area (Å²) in [5.41, 5.74) is 3.91. The molecule has 0 aliphatic carbocycles. The van der Waals surface area contributed by atoms with Gasteiger partial charge in [-0.25, -0.2) is 8.42 Å². The van der Waals surface area contributed by atoms with Crippen molar-refractivity contribution in [2.24, 2.45) is 0 Å². The first-order valence-electron chi connectivity index (χ1n) is 11.2. The number of ether oxygens (including phenoxy) is 1.